The lowest BCUT2D eigenvalue weighted by atomic mass is 10.0. The molecule has 0 radical (unpaired) electrons. The second-order valence-electron chi connectivity index (χ2n) is 4.06. The zero-order valence-corrected chi connectivity index (χ0v) is 8.34. The van der Waals surface area contributed by atoms with E-state index in [2.05, 4.69) is 0 Å². The molecule has 0 unspecified atom stereocenters. The molecule has 16 heavy (non-hydrogen) atoms. The summed E-state index contributed by atoms with van der Waals surface area (Å²) in [6.07, 6.45) is -3.17. The average Bonchev–Trinajstić information content (AvgIpc) is 2.96. The van der Waals surface area contributed by atoms with Gasteiger partial charge in [-0.05, 0) is 25.0 Å². The third kappa shape index (κ3) is 1.95. The molecule has 1 aromatic rings. The maximum atomic E-state index is 12.3. The maximum Gasteiger partial charge on any atom is 0.416 e. The Labute approximate surface area is 90.2 Å². The van der Waals surface area contributed by atoms with Crippen LogP contribution >= 0.6 is 0 Å². The molecule has 2 nitrogen and oxygen atoms in total. The quantitative estimate of drug-likeness (QED) is 0.791. The van der Waals surface area contributed by atoms with Crippen LogP contribution in [0.5, 0.6) is 0 Å². The molecule has 0 atom stereocenters. The van der Waals surface area contributed by atoms with Crippen molar-refractivity contribution >= 4 is 5.78 Å². The first kappa shape index (κ1) is 11.1. The standard InChI is InChI=1S/C11H10F3NO/c12-11(13,14)8-3-1-7(2-4-8)9(16)10(15)5-6-10/h1-4H,5-6,15H2. The summed E-state index contributed by atoms with van der Waals surface area (Å²) in [5.41, 5.74) is 4.33. The number of carbonyl (C=O) groups excluding carboxylic acids is 1. The van der Waals surface area contributed by atoms with E-state index >= 15 is 0 Å². The van der Waals surface area contributed by atoms with Crippen LogP contribution in [0.1, 0.15) is 28.8 Å². The highest BCUT2D eigenvalue weighted by Crippen LogP contribution is 2.36. The molecular formula is C11H10F3NO. The molecule has 1 aromatic carbocycles. The number of hydrogen-bond acceptors (Lipinski definition) is 2. The minimum absolute atomic E-state index is 0.244. The van der Waals surface area contributed by atoms with E-state index in [1.807, 2.05) is 0 Å². The van der Waals surface area contributed by atoms with Crippen molar-refractivity contribution in [1.29, 1.82) is 0 Å². The predicted molar refractivity (Wildman–Crippen MR) is 51.9 cm³/mol. The number of nitrogens with two attached hydrogens (primary N) is 1. The fraction of sp³-hybridized carbons (Fsp3) is 0.364. The average molecular weight is 229 g/mol. The Morgan fingerprint density at radius 2 is 1.69 bits per heavy atom. The number of alkyl halides is 3. The van der Waals surface area contributed by atoms with Gasteiger partial charge in [0.2, 0.25) is 0 Å². The minimum Gasteiger partial charge on any atom is -0.319 e. The molecule has 0 heterocycles. The van der Waals surface area contributed by atoms with Crippen molar-refractivity contribution in [3.63, 3.8) is 0 Å². The van der Waals surface area contributed by atoms with E-state index in [0.29, 0.717) is 12.8 Å². The topological polar surface area (TPSA) is 43.1 Å². The third-order valence-corrected chi connectivity index (χ3v) is 2.72. The summed E-state index contributed by atoms with van der Waals surface area (Å²) in [7, 11) is 0. The van der Waals surface area contributed by atoms with Gasteiger partial charge >= 0.3 is 6.18 Å². The van der Waals surface area contributed by atoms with Gasteiger partial charge in [0.15, 0.2) is 5.78 Å². The molecule has 0 bridgehead atoms. The zero-order chi connectivity index (χ0) is 12.0. The highest BCUT2D eigenvalue weighted by molar-refractivity contribution is 6.05. The monoisotopic (exact) mass is 229 g/mol. The van der Waals surface area contributed by atoms with E-state index in [1.165, 1.54) is 12.1 Å². The number of halogens is 3. The van der Waals surface area contributed by atoms with Crippen molar-refractivity contribution in [2.24, 2.45) is 5.73 Å². The number of hydrogen-bond donors (Lipinski definition) is 1. The van der Waals surface area contributed by atoms with Crippen molar-refractivity contribution in [2.75, 3.05) is 0 Å². The number of Topliss-reactive ketones (excluding diaryl/α,β-unsaturated/α-hetero) is 1. The fourth-order valence-corrected chi connectivity index (χ4v) is 1.46. The lowest BCUT2D eigenvalue weighted by Crippen LogP contribution is -2.32. The second-order valence-corrected chi connectivity index (χ2v) is 4.06. The van der Waals surface area contributed by atoms with Crippen LogP contribution in [-0.2, 0) is 6.18 Å². The second kappa shape index (κ2) is 3.31. The van der Waals surface area contributed by atoms with Crippen LogP contribution in [0.2, 0.25) is 0 Å². The van der Waals surface area contributed by atoms with Gasteiger partial charge in [-0.25, -0.2) is 0 Å². The van der Waals surface area contributed by atoms with Gasteiger partial charge in [-0.3, -0.25) is 4.79 Å². The van der Waals surface area contributed by atoms with Crippen LogP contribution in [0, 0.1) is 0 Å². The van der Waals surface area contributed by atoms with Crippen LogP contribution < -0.4 is 5.73 Å². The molecule has 1 aliphatic rings. The first-order valence-corrected chi connectivity index (χ1v) is 4.84. The van der Waals surface area contributed by atoms with Gasteiger partial charge in [0.05, 0.1) is 11.1 Å². The van der Waals surface area contributed by atoms with Gasteiger partial charge in [0.25, 0.3) is 0 Å². The summed E-state index contributed by atoms with van der Waals surface area (Å²) >= 11 is 0. The molecule has 0 spiro atoms. The van der Waals surface area contributed by atoms with E-state index in [1.54, 1.807) is 0 Å². The van der Waals surface area contributed by atoms with E-state index in [0.717, 1.165) is 12.1 Å². The lowest BCUT2D eigenvalue weighted by Gasteiger charge is -2.09. The fourth-order valence-electron chi connectivity index (χ4n) is 1.46. The highest BCUT2D eigenvalue weighted by Gasteiger charge is 2.46. The SMILES string of the molecule is NC1(C(=O)c2ccc(C(F)(F)F)cc2)CC1. The van der Waals surface area contributed by atoms with Crippen LogP contribution in [0.15, 0.2) is 24.3 Å². The van der Waals surface area contributed by atoms with Gasteiger partial charge in [-0.15, -0.1) is 0 Å². The van der Waals surface area contributed by atoms with Crippen molar-refractivity contribution in [2.45, 2.75) is 24.6 Å². The molecule has 1 saturated carbocycles. The molecule has 1 fully saturated rings. The van der Waals surface area contributed by atoms with Crippen molar-refractivity contribution < 1.29 is 18.0 Å². The van der Waals surface area contributed by atoms with E-state index in [-0.39, 0.29) is 11.3 Å². The Morgan fingerprint density at radius 3 is 2.06 bits per heavy atom. The van der Waals surface area contributed by atoms with Crippen LogP contribution in [0.3, 0.4) is 0 Å². The molecule has 0 saturated heterocycles. The lowest BCUT2D eigenvalue weighted by molar-refractivity contribution is -0.137. The van der Waals surface area contributed by atoms with E-state index in [9.17, 15) is 18.0 Å². The first-order chi connectivity index (χ1) is 7.33. The van der Waals surface area contributed by atoms with Gasteiger partial charge in [0.1, 0.15) is 0 Å². The van der Waals surface area contributed by atoms with Gasteiger partial charge in [-0.1, -0.05) is 12.1 Å². The van der Waals surface area contributed by atoms with Crippen molar-refractivity contribution in [3.8, 4) is 0 Å². The molecular weight excluding hydrogens is 219 g/mol. The smallest absolute Gasteiger partial charge is 0.319 e. The summed E-state index contributed by atoms with van der Waals surface area (Å²) < 4.78 is 36.8. The summed E-state index contributed by atoms with van der Waals surface area (Å²) in [5.74, 6) is -0.277. The number of benzene rings is 1. The molecule has 0 aromatic heterocycles. The molecule has 2 N–H and O–H groups in total. The number of carbonyl (C=O) groups is 1. The van der Waals surface area contributed by atoms with E-state index in [4.69, 9.17) is 5.73 Å². The maximum absolute atomic E-state index is 12.3. The van der Waals surface area contributed by atoms with Crippen LogP contribution in [0.4, 0.5) is 13.2 Å². The van der Waals surface area contributed by atoms with Crippen molar-refractivity contribution in [3.05, 3.63) is 35.4 Å². The Balaban J connectivity index is 2.23. The molecule has 2 rings (SSSR count). The molecule has 0 amide bonds. The number of rotatable bonds is 2. The predicted octanol–water partition coefficient (Wildman–Crippen LogP) is 2.38. The molecule has 0 aliphatic heterocycles. The number of ketones is 1. The molecule has 5 heteroatoms. The van der Waals surface area contributed by atoms with Crippen LogP contribution in [-0.4, -0.2) is 11.3 Å². The Bertz CT molecular complexity index is 418. The Hall–Kier alpha value is -1.36. The minimum atomic E-state index is -4.37. The normalized spacial score (nSPS) is 18.2. The summed E-state index contributed by atoms with van der Waals surface area (Å²) in [4.78, 5) is 11.7. The van der Waals surface area contributed by atoms with Crippen molar-refractivity contribution in [1.82, 2.24) is 0 Å². The van der Waals surface area contributed by atoms with E-state index < -0.39 is 17.3 Å². The van der Waals surface area contributed by atoms with Gasteiger partial charge in [0, 0.05) is 5.56 Å². The van der Waals surface area contributed by atoms with Gasteiger partial charge in [-0.2, -0.15) is 13.2 Å². The summed E-state index contributed by atoms with van der Waals surface area (Å²) in [6, 6.07) is 4.16. The first-order valence-electron chi connectivity index (χ1n) is 4.84. The van der Waals surface area contributed by atoms with Gasteiger partial charge < -0.3 is 5.73 Å². The zero-order valence-electron chi connectivity index (χ0n) is 8.34. The summed E-state index contributed by atoms with van der Waals surface area (Å²) in [6.45, 7) is 0. The molecule has 1 aliphatic carbocycles. The largest absolute Gasteiger partial charge is 0.416 e. The Kier molecular flexibility index (Phi) is 2.31. The van der Waals surface area contributed by atoms with Crippen LogP contribution in [0.25, 0.3) is 0 Å². The Morgan fingerprint density at radius 1 is 1.19 bits per heavy atom. The highest BCUT2D eigenvalue weighted by atomic mass is 19.4. The third-order valence-electron chi connectivity index (χ3n) is 2.72. The summed E-state index contributed by atoms with van der Waals surface area (Å²) in [5, 5.41) is 0. The molecule has 86 valence electrons.